The lowest BCUT2D eigenvalue weighted by molar-refractivity contribution is 0.00681. The Bertz CT molecular complexity index is 1250. The first kappa shape index (κ1) is 22.9. The molecule has 11 nitrogen and oxygen atoms in total. The number of benzene rings is 1. The Balaban J connectivity index is 1.37. The first-order chi connectivity index (χ1) is 16.5. The standard InChI is InChI=1S/C22H27N7O4S/c23-34(30,31)29-9-12-33-18(15-29)14-26-22-21-20(24-5-6-25-21)13-19(27-22)16-1-3-17(4-2-16)28-7-10-32-11-8-28/h1-6,13,18H,7-12,14-15H2,(H,26,27)(H2,23,30,31)/t18-/m1/s1. The normalized spacial score (nSPS) is 19.9. The molecular weight excluding hydrogens is 458 g/mol. The van der Waals surface area contributed by atoms with Gasteiger partial charge in [0.2, 0.25) is 0 Å². The third-order valence-corrected chi connectivity index (χ3v) is 7.01. The Kier molecular flexibility index (Phi) is 6.57. The van der Waals surface area contributed by atoms with Crippen LogP contribution in [0.15, 0.2) is 42.7 Å². The summed E-state index contributed by atoms with van der Waals surface area (Å²) in [5.41, 5.74) is 4.22. The fourth-order valence-corrected chi connectivity index (χ4v) is 4.87. The van der Waals surface area contributed by atoms with Gasteiger partial charge in [0, 0.05) is 56.4 Å². The van der Waals surface area contributed by atoms with Crippen LogP contribution in [0.4, 0.5) is 11.5 Å². The zero-order valence-corrected chi connectivity index (χ0v) is 19.4. The minimum absolute atomic E-state index is 0.179. The van der Waals surface area contributed by atoms with Crippen molar-refractivity contribution in [2.75, 3.05) is 62.8 Å². The minimum atomic E-state index is -3.75. The van der Waals surface area contributed by atoms with Crippen molar-refractivity contribution in [3.8, 4) is 11.3 Å². The highest BCUT2D eigenvalue weighted by Crippen LogP contribution is 2.27. The van der Waals surface area contributed by atoms with Gasteiger partial charge in [-0.25, -0.2) is 15.1 Å². The SMILES string of the molecule is NS(=O)(=O)N1CCO[C@H](CNc2nc(-c3ccc(N4CCOCC4)cc3)cc3nccnc23)C1. The Morgan fingerprint density at radius 3 is 2.59 bits per heavy atom. The first-order valence-electron chi connectivity index (χ1n) is 11.2. The van der Waals surface area contributed by atoms with Crippen LogP contribution in [-0.4, -0.2) is 86.3 Å². The van der Waals surface area contributed by atoms with Crippen molar-refractivity contribution in [3.63, 3.8) is 0 Å². The molecule has 3 aromatic rings. The van der Waals surface area contributed by atoms with Crippen molar-refractivity contribution in [2.45, 2.75) is 6.10 Å². The second kappa shape index (κ2) is 9.76. The van der Waals surface area contributed by atoms with Gasteiger partial charge < -0.3 is 19.7 Å². The summed E-state index contributed by atoms with van der Waals surface area (Å²) >= 11 is 0. The van der Waals surface area contributed by atoms with Gasteiger partial charge in [-0.1, -0.05) is 12.1 Å². The Morgan fingerprint density at radius 2 is 1.82 bits per heavy atom. The Morgan fingerprint density at radius 1 is 1.06 bits per heavy atom. The molecule has 0 spiro atoms. The van der Waals surface area contributed by atoms with Gasteiger partial charge in [0.25, 0.3) is 10.2 Å². The molecule has 2 aromatic heterocycles. The molecule has 5 rings (SSSR count). The maximum Gasteiger partial charge on any atom is 0.277 e. The van der Waals surface area contributed by atoms with Crippen LogP contribution in [0.3, 0.4) is 0 Å². The van der Waals surface area contributed by atoms with Gasteiger partial charge >= 0.3 is 0 Å². The van der Waals surface area contributed by atoms with E-state index < -0.39 is 10.2 Å². The molecule has 0 bridgehead atoms. The summed E-state index contributed by atoms with van der Waals surface area (Å²) in [6.07, 6.45) is 2.90. The number of hydrogen-bond acceptors (Lipinski definition) is 9. The maximum absolute atomic E-state index is 11.7. The van der Waals surface area contributed by atoms with E-state index in [1.54, 1.807) is 12.4 Å². The average molecular weight is 486 g/mol. The van der Waals surface area contributed by atoms with E-state index in [0.717, 1.165) is 43.2 Å². The first-order valence-corrected chi connectivity index (χ1v) is 12.7. The lowest BCUT2D eigenvalue weighted by Crippen LogP contribution is -2.50. The molecule has 0 radical (unpaired) electrons. The van der Waals surface area contributed by atoms with Crippen LogP contribution in [0.2, 0.25) is 0 Å². The van der Waals surface area contributed by atoms with E-state index in [0.29, 0.717) is 23.4 Å². The molecule has 4 heterocycles. The van der Waals surface area contributed by atoms with Crippen LogP contribution in [0.5, 0.6) is 0 Å². The molecule has 0 saturated carbocycles. The third-order valence-electron chi connectivity index (χ3n) is 5.95. The predicted molar refractivity (Wildman–Crippen MR) is 129 cm³/mol. The van der Waals surface area contributed by atoms with Crippen LogP contribution in [-0.2, 0) is 19.7 Å². The lowest BCUT2D eigenvalue weighted by atomic mass is 10.1. The van der Waals surface area contributed by atoms with E-state index in [2.05, 4.69) is 32.3 Å². The molecule has 12 heteroatoms. The summed E-state index contributed by atoms with van der Waals surface area (Å²) in [5.74, 6) is 0.564. The van der Waals surface area contributed by atoms with E-state index in [9.17, 15) is 8.42 Å². The molecule has 180 valence electrons. The molecule has 2 aliphatic rings. The number of nitrogens with two attached hydrogens (primary N) is 1. The van der Waals surface area contributed by atoms with Gasteiger partial charge in [-0.3, -0.25) is 4.98 Å². The summed E-state index contributed by atoms with van der Waals surface area (Å²) < 4.78 is 35.8. The molecule has 2 saturated heterocycles. The summed E-state index contributed by atoms with van der Waals surface area (Å²) in [7, 11) is -3.75. The quantitative estimate of drug-likeness (QED) is 0.521. The number of nitrogens with zero attached hydrogens (tertiary/aromatic N) is 5. The summed E-state index contributed by atoms with van der Waals surface area (Å²) in [5, 5.41) is 8.56. The van der Waals surface area contributed by atoms with Gasteiger partial charge in [-0.2, -0.15) is 12.7 Å². The van der Waals surface area contributed by atoms with Crippen LogP contribution < -0.4 is 15.4 Å². The predicted octanol–water partition coefficient (Wildman–Crippen LogP) is 0.845. The van der Waals surface area contributed by atoms with E-state index in [1.165, 1.54) is 4.31 Å². The van der Waals surface area contributed by atoms with Crippen LogP contribution in [0.25, 0.3) is 22.3 Å². The van der Waals surface area contributed by atoms with Crippen molar-refractivity contribution in [1.82, 2.24) is 19.3 Å². The summed E-state index contributed by atoms with van der Waals surface area (Å²) in [6, 6.07) is 10.2. The highest BCUT2D eigenvalue weighted by atomic mass is 32.2. The van der Waals surface area contributed by atoms with Crippen molar-refractivity contribution in [3.05, 3.63) is 42.7 Å². The third kappa shape index (κ3) is 5.10. The van der Waals surface area contributed by atoms with Crippen molar-refractivity contribution in [1.29, 1.82) is 0 Å². The number of nitrogens with one attached hydrogen (secondary N) is 1. The second-order valence-electron chi connectivity index (χ2n) is 8.20. The molecule has 0 unspecified atom stereocenters. The Hall–Kier alpha value is -2.90. The van der Waals surface area contributed by atoms with Crippen molar-refractivity contribution < 1.29 is 17.9 Å². The molecule has 34 heavy (non-hydrogen) atoms. The van der Waals surface area contributed by atoms with Gasteiger partial charge in [0.15, 0.2) is 5.82 Å². The average Bonchev–Trinajstić information content (AvgIpc) is 2.87. The lowest BCUT2D eigenvalue weighted by Gasteiger charge is -2.31. The highest BCUT2D eigenvalue weighted by molar-refractivity contribution is 7.86. The smallest absolute Gasteiger partial charge is 0.277 e. The number of aromatic nitrogens is 3. The van der Waals surface area contributed by atoms with E-state index in [-0.39, 0.29) is 25.8 Å². The number of ether oxygens (including phenoxy) is 2. The minimum Gasteiger partial charge on any atom is -0.378 e. The molecule has 1 atom stereocenters. The molecule has 1 aromatic carbocycles. The summed E-state index contributed by atoms with van der Waals surface area (Å²) in [4.78, 5) is 16.0. The topological polar surface area (TPSA) is 136 Å². The molecule has 3 N–H and O–H groups in total. The van der Waals surface area contributed by atoms with Gasteiger partial charge in [0.1, 0.15) is 5.52 Å². The fourth-order valence-electron chi connectivity index (χ4n) is 4.17. The van der Waals surface area contributed by atoms with Gasteiger partial charge in [-0.05, 0) is 18.2 Å². The van der Waals surface area contributed by atoms with E-state index >= 15 is 0 Å². The second-order valence-corrected chi connectivity index (χ2v) is 9.75. The zero-order valence-electron chi connectivity index (χ0n) is 18.6. The molecule has 2 fully saturated rings. The monoisotopic (exact) mass is 485 g/mol. The van der Waals surface area contributed by atoms with Crippen molar-refractivity contribution in [2.24, 2.45) is 5.14 Å². The molecule has 2 aliphatic heterocycles. The highest BCUT2D eigenvalue weighted by Gasteiger charge is 2.27. The molecular formula is C22H27N7O4S. The van der Waals surface area contributed by atoms with Gasteiger partial charge in [0.05, 0.1) is 37.1 Å². The zero-order chi connectivity index (χ0) is 23.5. The Labute approximate surface area is 198 Å². The van der Waals surface area contributed by atoms with Crippen molar-refractivity contribution >= 4 is 32.7 Å². The number of pyridine rings is 1. The van der Waals surface area contributed by atoms with Crippen LogP contribution >= 0.6 is 0 Å². The largest absolute Gasteiger partial charge is 0.378 e. The summed E-state index contributed by atoms with van der Waals surface area (Å²) in [6.45, 7) is 4.29. The van der Waals surface area contributed by atoms with Crippen LogP contribution in [0, 0.1) is 0 Å². The number of rotatable bonds is 6. The number of fused-ring (bicyclic) bond motifs is 1. The number of anilines is 2. The van der Waals surface area contributed by atoms with Gasteiger partial charge in [-0.15, -0.1) is 0 Å². The maximum atomic E-state index is 11.7. The van der Waals surface area contributed by atoms with E-state index in [1.807, 2.05) is 18.2 Å². The fraction of sp³-hybridized carbons (Fsp3) is 0.409. The number of morpholine rings is 2. The van der Waals surface area contributed by atoms with Crippen LogP contribution in [0.1, 0.15) is 0 Å². The molecule has 0 amide bonds. The number of hydrogen-bond donors (Lipinski definition) is 2. The van der Waals surface area contributed by atoms with E-state index in [4.69, 9.17) is 19.6 Å². The molecule has 0 aliphatic carbocycles.